The fourth-order valence-corrected chi connectivity index (χ4v) is 2.99. The molecule has 2 nitrogen and oxygen atoms in total. The van der Waals surface area contributed by atoms with E-state index in [0.29, 0.717) is 0 Å². The maximum absolute atomic E-state index is 10.5. The number of carboxylic acid groups (broad SMARTS) is 1. The van der Waals surface area contributed by atoms with Crippen molar-refractivity contribution < 1.29 is 31.6 Å². The van der Waals surface area contributed by atoms with E-state index in [1.54, 1.807) is 0 Å². The van der Waals surface area contributed by atoms with Crippen LogP contribution in [0.2, 0.25) is 0 Å². The first-order valence-corrected chi connectivity index (χ1v) is 9.21. The molecular weight excluding hydrogens is 399 g/mol. The van der Waals surface area contributed by atoms with Crippen LogP contribution in [0, 0.1) is 17.8 Å². The topological polar surface area (TPSA) is 37.3 Å². The Kier molecular flexibility index (Phi) is 22.2. The van der Waals surface area contributed by atoms with Gasteiger partial charge in [0.1, 0.15) is 0 Å². The normalized spacial score (nSPS) is 13.8. The fourth-order valence-electron chi connectivity index (χ4n) is 2.99. The summed E-state index contributed by atoms with van der Waals surface area (Å²) >= 11 is 0. The molecule has 0 heterocycles. The van der Waals surface area contributed by atoms with Crippen LogP contribution >= 0.6 is 0 Å². The molecule has 0 bridgehead atoms. The van der Waals surface area contributed by atoms with Crippen LogP contribution in [-0.4, -0.2) is 28.1 Å². The molecule has 0 radical (unpaired) electrons. The molecule has 0 aromatic heterocycles. The van der Waals surface area contributed by atoms with Gasteiger partial charge in [-0.2, -0.15) is 0 Å². The number of carbonyl (C=O) groups is 1. The van der Waals surface area contributed by atoms with Crippen LogP contribution in [0.4, 0.5) is 0 Å². The molecular formula is C20H40O2SeTi. The molecule has 0 rings (SSSR count). The van der Waals surface area contributed by atoms with Crippen LogP contribution in [0.3, 0.4) is 0 Å². The van der Waals surface area contributed by atoms with Crippen LogP contribution in [0.1, 0.15) is 92.4 Å². The van der Waals surface area contributed by atoms with E-state index in [1.807, 2.05) is 6.92 Å². The number of carboxylic acids is 1. The number of aliphatic carboxylic acids is 1. The average molecular weight is 439 g/mol. The molecule has 1 N–H and O–H groups in total. The number of hydrogen-bond acceptors (Lipinski definition) is 1. The van der Waals surface area contributed by atoms with Gasteiger partial charge in [0.15, 0.2) is 0 Å². The Balaban J connectivity index is -0.00000220. The first kappa shape index (κ1) is 29.2. The van der Waals surface area contributed by atoms with Gasteiger partial charge >= 0.3 is 23.0 Å². The molecule has 2 atom stereocenters. The average Bonchev–Trinajstić information content (AvgIpc) is 2.37. The van der Waals surface area contributed by atoms with Crippen molar-refractivity contribution in [1.29, 1.82) is 0 Å². The summed E-state index contributed by atoms with van der Waals surface area (Å²) < 4.78 is 0. The summed E-state index contributed by atoms with van der Waals surface area (Å²) in [5.74, 6) is 1.65. The SMILES string of the molecule is C/C(=C\C(=O)O)CCC[C@H](C)CCC[C@H](C)CCCC(C)C.[SeH2].[Ti]. The first-order chi connectivity index (χ1) is 10.3. The third-order valence-corrected chi connectivity index (χ3v) is 4.51. The summed E-state index contributed by atoms with van der Waals surface area (Å²) in [5, 5.41) is 8.68. The zero-order valence-corrected chi connectivity index (χ0v) is 20.2. The van der Waals surface area contributed by atoms with Gasteiger partial charge in [-0.3, -0.25) is 0 Å². The summed E-state index contributed by atoms with van der Waals surface area (Å²) in [6.45, 7) is 11.3. The van der Waals surface area contributed by atoms with Gasteiger partial charge in [-0.05, 0) is 37.5 Å². The Morgan fingerprint density at radius 3 is 1.71 bits per heavy atom. The number of hydrogen-bond donors (Lipinski definition) is 1. The first-order valence-electron chi connectivity index (χ1n) is 9.21. The van der Waals surface area contributed by atoms with E-state index in [0.717, 1.165) is 36.2 Å². The molecule has 0 fully saturated rings. The van der Waals surface area contributed by atoms with E-state index < -0.39 is 5.97 Å². The minimum atomic E-state index is -0.822. The van der Waals surface area contributed by atoms with Gasteiger partial charge in [0.05, 0.1) is 0 Å². The van der Waals surface area contributed by atoms with E-state index in [2.05, 4.69) is 27.7 Å². The summed E-state index contributed by atoms with van der Waals surface area (Å²) in [7, 11) is 0. The second-order valence-electron chi connectivity index (χ2n) is 7.69. The minimum Gasteiger partial charge on any atom is 0 e. The molecule has 0 unspecified atom stereocenters. The monoisotopic (exact) mass is 440 g/mol. The van der Waals surface area contributed by atoms with Crippen LogP contribution in [0.25, 0.3) is 0 Å². The van der Waals surface area contributed by atoms with Gasteiger partial charge in [-0.1, -0.05) is 78.2 Å². The summed E-state index contributed by atoms with van der Waals surface area (Å²) in [5.41, 5.74) is 0.985. The maximum atomic E-state index is 10.5. The molecule has 0 saturated carbocycles. The van der Waals surface area contributed by atoms with Crippen molar-refractivity contribution in [2.75, 3.05) is 0 Å². The summed E-state index contributed by atoms with van der Waals surface area (Å²) in [6, 6.07) is 0. The van der Waals surface area contributed by atoms with Gasteiger partial charge in [-0.15, -0.1) is 0 Å². The van der Waals surface area contributed by atoms with E-state index in [-0.39, 0.29) is 38.8 Å². The fraction of sp³-hybridized carbons (Fsp3) is 0.850. The van der Waals surface area contributed by atoms with Crippen LogP contribution in [-0.2, 0) is 26.5 Å². The molecule has 0 aliphatic carbocycles. The zero-order valence-electron chi connectivity index (χ0n) is 16.5. The molecule has 0 aliphatic heterocycles. The van der Waals surface area contributed by atoms with E-state index in [4.69, 9.17) is 5.11 Å². The maximum Gasteiger partial charge on any atom is 0 e. The Morgan fingerprint density at radius 1 is 0.875 bits per heavy atom. The van der Waals surface area contributed by atoms with Gasteiger partial charge in [0.25, 0.3) is 0 Å². The van der Waals surface area contributed by atoms with Crippen molar-refractivity contribution >= 4 is 23.0 Å². The molecule has 0 aromatic rings. The van der Waals surface area contributed by atoms with Gasteiger partial charge in [0, 0.05) is 27.8 Å². The number of allylic oxidation sites excluding steroid dienone is 1. The van der Waals surface area contributed by atoms with E-state index >= 15 is 0 Å². The molecule has 0 saturated heterocycles. The predicted molar refractivity (Wildman–Crippen MR) is 105 cm³/mol. The molecule has 0 aromatic carbocycles. The van der Waals surface area contributed by atoms with Gasteiger partial charge in [0.2, 0.25) is 0 Å². The Morgan fingerprint density at radius 2 is 1.29 bits per heavy atom. The standard InChI is InChI=1S/C20H38O2.H2Se.Ti/c1-16(2)9-6-10-17(3)11-7-12-18(4)13-8-14-19(5)15-20(21)22;;/h15-18H,6-14H2,1-5H3,(H,21,22);1H2;/b19-15+;;/t17-,18-;;/m1../s1. The second-order valence-corrected chi connectivity index (χ2v) is 7.69. The quantitative estimate of drug-likeness (QED) is 0.302. The van der Waals surface area contributed by atoms with Crippen molar-refractivity contribution in [1.82, 2.24) is 0 Å². The second kappa shape index (κ2) is 18.2. The third-order valence-electron chi connectivity index (χ3n) is 4.51. The predicted octanol–water partition coefficient (Wildman–Crippen LogP) is 5.54. The Hall–Kier alpha value is 0.444. The summed E-state index contributed by atoms with van der Waals surface area (Å²) in [6.07, 6.45) is 12.7. The van der Waals surface area contributed by atoms with Crippen molar-refractivity contribution in [2.45, 2.75) is 92.4 Å². The molecule has 0 aliphatic rings. The van der Waals surface area contributed by atoms with Gasteiger partial charge < -0.3 is 5.11 Å². The Labute approximate surface area is 176 Å². The zero-order chi connectivity index (χ0) is 17.0. The van der Waals surface area contributed by atoms with Crippen molar-refractivity contribution in [3.05, 3.63) is 11.6 Å². The van der Waals surface area contributed by atoms with Gasteiger partial charge in [-0.25, -0.2) is 4.79 Å². The Bertz CT molecular complexity index is 330. The third kappa shape index (κ3) is 20.5. The largest absolute Gasteiger partial charge is 0 e. The molecule has 24 heavy (non-hydrogen) atoms. The molecule has 0 amide bonds. The minimum absolute atomic E-state index is 0. The van der Waals surface area contributed by atoms with Crippen LogP contribution in [0.15, 0.2) is 11.6 Å². The molecule has 0 spiro atoms. The summed E-state index contributed by atoms with van der Waals surface area (Å²) in [4.78, 5) is 10.5. The van der Waals surface area contributed by atoms with Crippen LogP contribution < -0.4 is 0 Å². The van der Waals surface area contributed by atoms with E-state index in [1.165, 1.54) is 51.0 Å². The molecule has 142 valence electrons. The molecule has 4 heteroatoms. The smallest absolute Gasteiger partial charge is 0 e. The number of rotatable bonds is 13. The van der Waals surface area contributed by atoms with E-state index in [9.17, 15) is 4.79 Å². The van der Waals surface area contributed by atoms with Crippen LogP contribution in [0.5, 0.6) is 0 Å². The van der Waals surface area contributed by atoms with Crippen molar-refractivity contribution in [3.63, 3.8) is 0 Å². The van der Waals surface area contributed by atoms with Crippen molar-refractivity contribution in [3.8, 4) is 0 Å². The van der Waals surface area contributed by atoms with Crippen molar-refractivity contribution in [2.24, 2.45) is 17.8 Å².